The fraction of sp³-hybridized carbons (Fsp3) is 0.842. The quantitative estimate of drug-likeness (QED) is 0.458. The highest BCUT2D eigenvalue weighted by Crippen LogP contribution is 2.66. The van der Waals surface area contributed by atoms with Crippen LogP contribution in [-0.2, 0) is 15.2 Å². The molecule has 0 aromatic rings. The monoisotopic (exact) mass is 402 g/mol. The molecule has 0 aliphatic heterocycles. The van der Waals surface area contributed by atoms with Gasteiger partial charge in [-0.3, -0.25) is 13.9 Å². The highest BCUT2D eigenvalue weighted by molar-refractivity contribution is 7.79. The first kappa shape index (κ1) is 20.8. The molecule has 0 radical (unpaired) electrons. The molecule has 0 aromatic carbocycles. The van der Waals surface area contributed by atoms with E-state index in [1.54, 1.807) is 0 Å². The standard InChI is InChI=1S/C19H28O3.H2O4S/c1-18-6-5-15-14(16(18)8-13(21)10-18)4-3-11-7-12(20)9-17(22)19(11,15)2;1-5(2,3)4/h9,11,13-16,21-22H,3-8,10H2,1-2H3;(H2,1,2,3,4)/t11?,13-,14-,15+,16+,18-,19+;/m1./s1. The van der Waals surface area contributed by atoms with Gasteiger partial charge < -0.3 is 10.2 Å². The molecule has 8 heteroatoms. The smallest absolute Gasteiger partial charge is 0.394 e. The molecule has 4 aliphatic rings. The minimum Gasteiger partial charge on any atom is -0.512 e. The molecule has 0 spiro atoms. The Kier molecular flexibility index (Phi) is 5.25. The summed E-state index contributed by atoms with van der Waals surface area (Å²) in [6.07, 6.45) is 8.33. The van der Waals surface area contributed by atoms with Crippen LogP contribution in [0.15, 0.2) is 11.8 Å². The Labute approximate surface area is 160 Å². The first-order chi connectivity index (χ1) is 12.3. The molecular weight excluding hydrogens is 372 g/mol. The second-order valence-corrected chi connectivity index (χ2v) is 10.3. The number of carbonyl (C=O) groups is 1. The van der Waals surface area contributed by atoms with E-state index in [2.05, 4.69) is 13.8 Å². The van der Waals surface area contributed by atoms with Crippen LogP contribution in [-0.4, -0.2) is 39.6 Å². The van der Waals surface area contributed by atoms with Crippen molar-refractivity contribution < 1.29 is 32.5 Å². The molecule has 4 rings (SSSR count). The highest BCUT2D eigenvalue weighted by Gasteiger charge is 2.60. The van der Waals surface area contributed by atoms with Crippen LogP contribution in [0, 0.1) is 34.5 Å². The predicted molar refractivity (Wildman–Crippen MR) is 98.4 cm³/mol. The molecule has 27 heavy (non-hydrogen) atoms. The predicted octanol–water partition coefficient (Wildman–Crippen LogP) is 2.97. The van der Waals surface area contributed by atoms with E-state index >= 15 is 0 Å². The zero-order chi connectivity index (χ0) is 20.2. The highest BCUT2D eigenvalue weighted by atomic mass is 32.3. The zero-order valence-electron chi connectivity index (χ0n) is 15.8. The maximum absolute atomic E-state index is 11.8. The molecule has 154 valence electrons. The van der Waals surface area contributed by atoms with Gasteiger partial charge in [0.15, 0.2) is 5.78 Å². The van der Waals surface area contributed by atoms with Crippen LogP contribution in [0.3, 0.4) is 0 Å². The summed E-state index contributed by atoms with van der Waals surface area (Å²) in [5.41, 5.74) is 0.0687. The number of hydrogen-bond acceptors (Lipinski definition) is 5. The molecule has 0 aromatic heterocycles. The molecule has 0 amide bonds. The van der Waals surface area contributed by atoms with Crippen molar-refractivity contribution in [3.63, 3.8) is 0 Å². The van der Waals surface area contributed by atoms with Crippen molar-refractivity contribution >= 4 is 16.2 Å². The van der Waals surface area contributed by atoms with Crippen LogP contribution in [0.25, 0.3) is 0 Å². The van der Waals surface area contributed by atoms with Crippen LogP contribution in [0.1, 0.15) is 58.8 Å². The van der Waals surface area contributed by atoms with E-state index in [9.17, 15) is 15.0 Å². The molecule has 1 unspecified atom stereocenters. The summed E-state index contributed by atoms with van der Waals surface area (Å²) in [4.78, 5) is 11.8. The molecule has 0 bridgehead atoms. The largest absolute Gasteiger partial charge is 0.512 e. The molecule has 4 N–H and O–H groups in total. The molecule has 3 saturated carbocycles. The molecule has 0 saturated heterocycles. The van der Waals surface area contributed by atoms with Gasteiger partial charge >= 0.3 is 10.4 Å². The lowest BCUT2D eigenvalue weighted by atomic mass is 9.46. The van der Waals surface area contributed by atoms with E-state index in [4.69, 9.17) is 17.5 Å². The number of rotatable bonds is 0. The van der Waals surface area contributed by atoms with Gasteiger partial charge in [0.05, 0.1) is 6.10 Å². The molecule has 0 heterocycles. The van der Waals surface area contributed by atoms with E-state index in [0.29, 0.717) is 35.9 Å². The lowest BCUT2D eigenvalue weighted by molar-refractivity contribution is -0.126. The van der Waals surface area contributed by atoms with Crippen LogP contribution in [0.4, 0.5) is 0 Å². The Morgan fingerprint density at radius 1 is 1.11 bits per heavy atom. The van der Waals surface area contributed by atoms with Gasteiger partial charge in [-0.15, -0.1) is 0 Å². The summed E-state index contributed by atoms with van der Waals surface area (Å²) >= 11 is 0. The van der Waals surface area contributed by atoms with Gasteiger partial charge in [0, 0.05) is 17.9 Å². The van der Waals surface area contributed by atoms with E-state index in [1.165, 1.54) is 12.5 Å². The maximum Gasteiger partial charge on any atom is 0.394 e. The maximum atomic E-state index is 11.8. The average Bonchev–Trinajstić information content (AvgIpc) is 2.81. The molecule has 3 fully saturated rings. The summed E-state index contributed by atoms with van der Waals surface area (Å²) in [5.74, 6) is 2.40. The molecule has 7 nitrogen and oxygen atoms in total. The number of hydrogen-bond donors (Lipinski definition) is 4. The van der Waals surface area contributed by atoms with Gasteiger partial charge in [-0.05, 0) is 67.6 Å². The van der Waals surface area contributed by atoms with Crippen molar-refractivity contribution in [3.05, 3.63) is 11.8 Å². The summed E-state index contributed by atoms with van der Waals surface area (Å²) in [6.45, 7) is 4.55. The summed E-state index contributed by atoms with van der Waals surface area (Å²) < 4.78 is 31.6. The van der Waals surface area contributed by atoms with Gasteiger partial charge in [-0.1, -0.05) is 13.8 Å². The van der Waals surface area contributed by atoms with Crippen LogP contribution >= 0.6 is 0 Å². The van der Waals surface area contributed by atoms with E-state index in [0.717, 1.165) is 32.1 Å². The SMILES string of the molecule is C[C@]12CC[C@H]3[C@@H](CCC4CC(=O)C=C(O)[C@@]43C)[C@@H]1C[C@@H](O)C2.O=S(=O)(O)O. The number of fused-ring (bicyclic) bond motifs is 5. The third-order valence-corrected chi connectivity index (χ3v) is 7.95. The second kappa shape index (κ2) is 6.83. The average molecular weight is 403 g/mol. The van der Waals surface area contributed by atoms with Crippen molar-refractivity contribution in [2.75, 3.05) is 0 Å². The Morgan fingerprint density at radius 2 is 1.74 bits per heavy atom. The number of aliphatic hydroxyl groups is 2. The Morgan fingerprint density at radius 3 is 2.37 bits per heavy atom. The van der Waals surface area contributed by atoms with Crippen molar-refractivity contribution in [1.29, 1.82) is 0 Å². The zero-order valence-corrected chi connectivity index (χ0v) is 16.7. The van der Waals surface area contributed by atoms with Crippen LogP contribution in [0.2, 0.25) is 0 Å². The second-order valence-electron chi connectivity index (χ2n) is 9.37. The van der Waals surface area contributed by atoms with Crippen molar-refractivity contribution in [1.82, 2.24) is 0 Å². The van der Waals surface area contributed by atoms with Crippen molar-refractivity contribution in [2.45, 2.75) is 64.9 Å². The van der Waals surface area contributed by atoms with E-state index in [-0.39, 0.29) is 22.7 Å². The Bertz CT molecular complexity index is 737. The Balaban J connectivity index is 0.000000376. The topological polar surface area (TPSA) is 132 Å². The number of carbonyl (C=O) groups excluding carboxylic acids is 1. The summed E-state index contributed by atoms with van der Waals surface area (Å²) in [6, 6.07) is 0. The normalized spacial score (nSPS) is 46.3. The summed E-state index contributed by atoms with van der Waals surface area (Å²) in [7, 11) is -4.67. The first-order valence-corrected chi connectivity index (χ1v) is 11.1. The number of aliphatic hydroxyl groups excluding tert-OH is 2. The van der Waals surface area contributed by atoms with Crippen molar-refractivity contribution in [3.8, 4) is 0 Å². The minimum absolute atomic E-state index is 0.0929. The lowest BCUT2D eigenvalue weighted by Gasteiger charge is -2.58. The van der Waals surface area contributed by atoms with E-state index < -0.39 is 10.4 Å². The van der Waals surface area contributed by atoms with Crippen molar-refractivity contribution in [2.24, 2.45) is 34.5 Å². The van der Waals surface area contributed by atoms with Gasteiger partial charge in [0.25, 0.3) is 0 Å². The van der Waals surface area contributed by atoms with Crippen LogP contribution in [0.5, 0.6) is 0 Å². The third-order valence-electron chi connectivity index (χ3n) is 7.95. The van der Waals surface area contributed by atoms with Crippen LogP contribution < -0.4 is 0 Å². The molecule has 7 atom stereocenters. The van der Waals surface area contributed by atoms with Gasteiger partial charge in [0.1, 0.15) is 5.76 Å². The van der Waals surface area contributed by atoms with E-state index in [1.807, 2.05) is 0 Å². The summed E-state index contributed by atoms with van der Waals surface area (Å²) in [5, 5.41) is 20.8. The molecular formula is C19H30O7S. The van der Waals surface area contributed by atoms with Gasteiger partial charge in [0.2, 0.25) is 0 Å². The van der Waals surface area contributed by atoms with Gasteiger partial charge in [-0.2, -0.15) is 8.42 Å². The number of allylic oxidation sites excluding steroid dienone is 2. The first-order valence-electron chi connectivity index (χ1n) is 9.66. The Hall–Kier alpha value is -0.960. The minimum atomic E-state index is -4.67. The fourth-order valence-electron chi connectivity index (χ4n) is 6.78. The fourth-order valence-corrected chi connectivity index (χ4v) is 6.78. The third kappa shape index (κ3) is 3.81. The molecule has 4 aliphatic carbocycles. The lowest BCUT2D eigenvalue weighted by Crippen LogP contribution is -2.53. The number of ketones is 1. The van der Waals surface area contributed by atoms with Gasteiger partial charge in [-0.25, -0.2) is 0 Å².